The largest absolute Gasteiger partial charge is 1.00 e. The number of aromatic nitrogens is 2. The van der Waals surface area contributed by atoms with Crippen molar-refractivity contribution in [2.75, 3.05) is 12.4 Å². The highest BCUT2D eigenvalue weighted by molar-refractivity contribution is 6.21. The van der Waals surface area contributed by atoms with Crippen LogP contribution in [0.4, 0.5) is 5.69 Å². The number of ketones is 1. The summed E-state index contributed by atoms with van der Waals surface area (Å²) < 4.78 is 7.24. The van der Waals surface area contributed by atoms with Gasteiger partial charge in [-0.2, -0.15) is 4.57 Å². The zero-order valence-electron chi connectivity index (χ0n) is 17.6. The number of amides is 1. The minimum Gasteiger partial charge on any atom is -1.00 e. The first kappa shape index (κ1) is 20.9. The number of halogens is 1. The van der Waals surface area contributed by atoms with Gasteiger partial charge < -0.3 is 32.0 Å². The maximum absolute atomic E-state index is 13.1. The predicted octanol–water partition coefficient (Wildman–Crippen LogP) is 1.41. The van der Waals surface area contributed by atoms with Crippen LogP contribution in [0.3, 0.4) is 0 Å². The van der Waals surface area contributed by atoms with Crippen LogP contribution >= 0.6 is 0 Å². The Labute approximate surface area is 199 Å². The average Bonchev–Trinajstić information content (AvgIpc) is 3.34. The van der Waals surface area contributed by atoms with E-state index in [4.69, 9.17) is 4.74 Å². The van der Waals surface area contributed by atoms with Crippen LogP contribution < -0.4 is 31.6 Å². The fraction of sp³-hybridized carbons (Fsp3) is 0.0385. The van der Waals surface area contributed by atoms with E-state index in [0.29, 0.717) is 28.3 Å². The molecule has 2 aromatic heterocycles. The van der Waals surface area contributed by atoms with Gasteiger partial charge in [0.15, 0.2) is 6.20 Å². The maximum Gasteiger partial charge on any atom is 0.284 e. The number of H-pyrrole nitrogens is 1. The van der Waals surface area contributed by atoms with Crippen LogP contribution in [-0.2, 0) is 0 Å². The van der Waals surface area contributed by atoms with Crippen molar-refractivity contribution in [3.05, 3.63) is 95.8 Å². The monoisotopic (exact) mass is 499 g/mol. The van der Waals surface area contributed by atoms with Crippen molar-refractivity contribution >= 4 is 39.2 Å². The van der Waals surface area contributed by atoms with Gasteiger partial charge in [-0.15, -0.1) is 0 Å². The SMILES string of the molecule is COc1ccccc1NC(=O)c1ccc2[nH]c3c4[n+](ccc3c2c1)-c1ccccc1C4=O.[Br-]. The lowest BCUT2D eigenvalue weighted by Gasteiger charge is -2.09. The third-order valence-corrected chi connectivity index (χ3v) is 5.95. The molecule has 0 unspecified atom stereocenters. The molecular weight excluding hydrogens is 482 g/mol. The molecule has 5 aromatic rings. The second kappa shape index (κ2) is 7.86. The molecule has 0 atom stereocenters. The number of hydrogen-bond donors (Lipinski definition) is 2. The molecule has 3 heterocycles. The molecule has 0 saturated carbocycles. The molecule has 1 aliphatic heterocycles. The molecule has 0 fully saturated rings. The van der Waals surface area contributed by atoms with E-state index in [-0.39, 0.29) is 28.7 Å². The van der Waals surface area contributed by atoms with Crippen molar-refractivity contribution in [2.24, 2.45) is 0 Å². The van der Waals surface area contributed by atoms with E-state index >= 15 is 0 Å². The fourth-order valence-corrected chi connectivity index (χ4v) is 4.43. The number of para-hydroxylation sites is 3. The van der Waals surface area contributed by atoms with E-state index in [9.17, 15) is 9.59 Å². The molecule has 7 heteroatoms. The van der Waals surface area contributed by atoms with E-state index in [0.717, 1.165) is 27.5 Å². The molecule has 33 heavy (non-hydrogen) atoms. The lowest BCUT2D eigenvalue weighted by Crippen LogP contribution is -3.00. The zero-order valence-corrected chi connectivity index (χ0v) is 19.1. The van der Waals surface area contributed by atoms with Crippen molar-refractivity contribution in [3.63, 3.8) is 0 Å². The Kier molecular flexibility index (Phi) is 4.98. The van der Waals surface area contributed by atoms with Crippen molar-refractivity contribution in [2.45, 2.75) is 0 Å². The van der Waals surface area contributed by atoms with Crippen molar-refractivity contribution in [1.82, 2.24) is 4.98 Å². The molecule has 6 nitrogen and oxygen atoms in total. The van der Waals surface area contributed by atoms with E-state index in [1.807, 2.05) is 65.4 Å². The summed E-state index contributed by atoms with van der Waals surface area (Å²) in [6.07, 6.45) is 1.91. The van der Waals surface area contributed by atoms with Crippen LogP contribution in [0.5, 0.6) is 5.75 Å². The molecule has 6 rings (SSSR count). The number of fused-ring (bicyclic) bond motifs is 7. The number of pyridine rings is 1. The summed E-state index contributed by atoms with van der Waals surface area (Å²) in [6, 6.07) is 22.3. The predicted molar refractivity (Wildman–Crippen MR) is 122 cm³/mol. The summed E-state index contributed by atoms with van der Waals surface area (Å²) in [7, 11) is 1.57. The minimum absolute atomic E-state index is 0. The highest BCUT2D eigenvalue weighted by Gasteiger charge is 2.38. The molecule has 3 aromatic carbocycles. The Hall–Kier alpha value is -3.97. The lowest BCUT2D eigenvalue weighted by molar-refractivity contribution is -0.592. The molecule has 2 N–H and O–H groups in total. The smallest absolute Gasteiger partial charge is 0.284 e. The number of nitrogens with one attached hydrogen (secondary N) is 2. The molecule has 162 valence electrons. The number of carbonyl (C=O) groups excluding carboxylic acids is 2. The molecule has 0 bridgehead atoms. The number of anilines is 1. The van der Waals surface area contributed by atoms with Gasteiger partial charge in [0.1, 0.15) is 16.8 Å². The van der Waals surface area contributed by atoms with Crippen molar-refractivity contribution in [1.29, 1.82) is 0 Å². The topological polar surface area (TPSA) is 75.1 Å². The fourth-order valence-electron chi connectivity index (χ4n) is 4.43. The standard InChI is InChI=1S/C26H17N3O3.BrH/c1-32-22-9-5-3-7-20(22)28-26(31)15-10-11-19-18(14-15)16-12-13-29-21-8-4-2-6-17(21)25(30)24(29)23(16)27-19;/h2-14H,1H3,(H,28,31);1H. The minimum atomic E-state index is -0.232. The third kappa shape index (κ3) is 3.12. The van der Waals surface area contributed by atoms with Crippen LogP contribution in [0.25, 0.3) is 27.5 Å². The van der Waals surface area contributed by atoms with Gasteiger partial charge in [0, 0.05) is 34.0 Å². The van der Waals surface area contributed by atoms with E-state index < -0.39 is 0 Å². The molecule has 0 radical (unpaired) electrons. The van der Waals surface area contributed by atoms with Crippen LogP contribution in [0, 0.1) is 0 Å². The number of hydrogen-bond acceptors (Lipinski definition) is 3. The summed E-state index contributed by atoms with van der Waals surface area (Å²) in [5, 5.41) is 4.70. The van der Waals surface area contributed by atoms with E-state index in [2.05, 4.69) is 10.3 Å². The molecular formula is C26H18BrN3O3. The van der Waals surface area contributed by atoms with Crippen LogP contribution in [0.15, 0.2) is 79.0 Å². The van der Waals surface area contributed by atoms with Gasteiger partial charge >= 0.3 is 0 Å². The highest BCUT2D eigenvalue weighted by atomic mass is 79.9. The van der Waals surface area contributed by atoms with Gasteiger partial charge in [-0.1, -0.05) is 24.3 Å². The number of rotatable bonds is 3. The van der Waals surface area contributed by atoms with Crippen molar-refractivity contribution < 1.29 is 35.9 Å². The Morgan fingerprint density at radius 3 is 2.61 bits per heavy atom. The molecule has 0 spiro atoms. The summed E-state index contributed by atoms with van der Waals surface area (Å²) in [5.74, 6) is 0.358. The number of methoxy groups -OCH3 is 1. The molecule has 1 aliphatic rings. The molecule has 1 amide bonds. The van der Waals surface area contributed by atoms with Gasteiger partial charge in [-0.25, -0.2) is 0 Å². The second-order valence-corrected chi connectivity index (χ2v) is 7.71. The van der Waals surface area contributed by atoms with E-state index in [1.54, 1.807) is 25.3 Å². The average molecular weight is 500 g/mol. The van der Waals surface area contributed by atoms with Crippen molar-refractivity contribution in [3.8, 4) is 11.4 Å². The highest BCUT2D eigenvalue weighted by Crippen LogP contribution is 2.32. The van der Waals surface area contributed by atoms with Gasteiger partial charge in [-0.3, -0.25) is 9.59 Å². The Morgan fingerprint density at radius 1 is 0.970 bits per heavy atom. The van der Waals surface area contributed by atoms with Gasteiger partial charge in [-0.05, 0) is 36.4 Å². The molecule has 0 saturated heterocycles. The second-order valence-electron chi connectivity index (χ2n) is 7.71. The van der Waals surface area contributed by atoms with Crippen LogP contribution in [0.1, 0.15) is 26.4 Å². The Balaban J connectivity index is 0.00000228. The van der Waals surface area contributed by atoms with E-state index in [1.165, 1.54) is 0 Å². The van der Waals surface area contributed by atoms with Crippen LogP contribution in [-0.4, -0.2) is 23.8 Å². The summed E-state index contributed by atoms with van der Waals surface area (Å²) in [6.45, 7) is 0. The number of aromatic amines is 1. The first-order valence-electron chi connectivity index (χ1n) is 10.2. The first-order chi connectivity index (χ1) is 15.7. The molecule has 0 aliphatic carbocycles. The summed E-state index contributed by atoms with van der Waals surface area (Å²) in [4.78, 5) is 29.4. The van der Waals surface area contributed by atoms with Gasteiger partial charge in [0.05, 0.1) is 12.8 Å². The Bertz CT molecular complexity index is 1590. The Morgan fingerprint density at radius 2 is 1.76 bits per heavy atom. The first-order valence-corrected chi connectivity index (χ1v) is 10.2. The normalized spacial score (nSPS) is 11.7. The number of benzene rings is 3. The zero-order chi connectivity index (χ0) is 21.8. The van der Waals surface area contributed by atoms with Gasteiger partial charge in [0.25, 0.3) is 17.4 Å². The number of carbonyl (C=O) groups is 2. The summed E-state index contributed by atoms with van der Waals surface area (Å²) >= 11 is 0. The third-order valence-electron chi connectivity index (χ3n) is 5.95. The quantitative estimate of drug-likeness (QED) is 0.361. The maximum atomic E-state index is 13.1. The summed E-state index contributed by atoms with van der Waals surface area (Å²) in [5.41, 5.74) is 4.95. The number of ether oxygens (including phenoxy) is 1. The van der Waals surface area contributed by atoms with Gasteiger partial charge in [0.2, 0.25) is 5.69 Å². The lowest BCUT2D eigenvalue weighted by atomic mass is 10.1. The number of nitrogens with zero attached hydrogens (tertiary/aromatic N) is 1. The van der Waals surface area contributed by atoms with Crippen LogP contribution in [0.2, 0.25) is 0 Å².